The number of nitriles is 1. The van der Waals surface area contributed by atoms with Crippen LogP contribution in [0.25, 0.3) is 10.8 Å². The van der Waals surface area contributed by atoms with E-state index in [0.717, 1.165) is 12.0 Å². The summed E-state index contributed by atoms with van der Waals surface area (Å²) < 4.78 is 0. The lowest BCUT2D eigenvalue weighted by Gasteiger charge is -2.14. The second kappa shape index (κ2) is 8.94. The molecule has 1 amide bonds. The fraction of sp³-hybridized carbons (Fsp3) is 0.167. The van der Waals surface area contributed by atoms with Crippen molar-refractivity contribution in [1.29, 1.82) is 5.26 Å². The lowest BCUT2D eigenvalue weighted by Crippen LogP contribution is -2.18. The van der Waals surface area contributed by atoms with Crippen LogP contribution in [-0.2, 0) is 11.2 Å². The Morgan fingerprint density at radius 2 is 1.79 bits per heavy atom. The Kier molecular flexibility index (Phi) is 6.16. The summed E-state index contributed by atoms with van der Waals surface area (Å²) in [6, 6.07) is 20.5. The number of phenolic OH excluding ortho intramolecular Hbond substituents is 1. The van der Waals surface area contributed by atoms with Gasteiger partial charge in [0, 0.05) is 28.7 Å². The van der Waals surface area contributed by atoms with Gasteiger partial charge in [0.25, 0.3) is 5.91 Å². The maximum Gasteiger partial charge on any atom is 0.267 e. The van der Waals surface area contributed by atoms with Gasteiger partial charge in [0.2, 0.25) is 0 Å². The number of fused-ring (bicyclic) bond motifs is 1. The number of aromatic hydroxyl groups is 1. The highest BCUT2D eigenvalue weighted by Crippen LogP contribution is 2.30. The molecule has 3 aromatic rings. The maximum absolute atomic E-state index is 12.6. The summed E-state index contributed by atoms with van der Waals surface area (Å²) in [7, 11) is 0. The average Bonchev–Trinajstić information content (AvgIpc) is 2.75. The number of benzene rings is 3. The zero-order valence-corrected chi connectivity index (χ0v) is 16.4. The third kappa shape index (κ3) is 4.56. The molecule has 29 heavy (non-hydrogen) atoms. The van der Waals surface area contributed by atoms with Gasteiger partial charge in [-0.2, -0.15) is 5.26 Å². The van der Waals surface area contributed by atoms with E-state index >= 15 is 0 Å². The summed E-state index contributed by atoms with van der Waals surface area (Å²) in [4.78, 5) is 12.6. The maximum atomic E-state index is 12.6. The van der Waals surface area contributed by atoms with E-state index in [-0.39, 0.29) is 17.4 Å². The highest BCUT2D eigenvalue weighted by molar-refractivity contribution is 6.11. The Labute approximate surface area is 170 Å². The minimum Gasteiger partial charge on any atom is -0.507 e. The molecular weight excluding hydrogens is 362 g/mol. The van der Waals surface area contributed by atoms with Crippen LogP contribution < -0.4 is 10.6 Å². The first-order chi connectivity index (χ1) is 14.0. The van der Waals surface area contributed by atoms with Gasteiger partial charge in [-0.05, 0) is 36.6 Å². The molecule has 0 bridgehead atoms. The Morgan fingerprint density at radius 3 is 2.48 bits per heavy atom. The van der Waals surface area contributed by atoms with Crippen LogP contribution in [0.5, 0.6) is 5.75 Å². The van der Waals surface area contributed by atoms with Gasteiger partial charge < -0.3 is 15.7 Å². The first-order valence-electron chi connectivity index (χ1n) is 9.50. The number of carbonyl (C=O) groups excluding carboxylic acids is 1. The van der Waals surface area contributed by atoms with Crippen molar-refractivity contribution in [3.8, 4) is 11.8 Å². The number of aryl methyl sites for hydroxylation is 1. The van der Waals surface area contributed by atoms with Crippen LogP contribution in [0.3, 0.4) is 0 Å². The van der Waals surface area contributed by atoms with Gasteiger partial charge >= 0.3 is 0 Å². The summed E-state index contributed by atoms with van der Waals surface area (Å²) in [5, 5.41) is 26.6. The Hall–Kier alpha value is -3.78. The molecule has 0 saturated heterocycles. The van der Waals surface area contributed by atoms with Crippen LogP contribution in [0.2, 0.25) is 0 Å². The summed E-state index contributed by atoms with van der Waals surface area (Å²) in [6.45, 7) is 4.08. The normalized spacial score (nSPS) is 12.2. The summed E-state index contributed by atoms with van der Waals surface area (Å²) in [6.07, 6.45) is 2.42. The molecule has 0 heterocycles. The molecule has 5 heteroatoms. The lowest BCUT2D eigenvalue weighted by molar-refractivity contribution is -0.112. The predicted octanol–water partition coefficient (Wildman–Crippen LogP) is 4.80. The van der Waals surface area contributed by atoms with E-state index in [1.165, 1.54) is 11.8 Å². The molecule has 0 aliphatic heterocycles. The predicted molar refractivity (Wildman–Crippen MR) is 115 cm³/mol. The molecule has 0 fully saturated rings. The molecule has 0 saturated carbocycles. The molecule has 3 rings (SSSR count). The number of phenols is 1. The van der Waals surface area contributed by atoms with Gasteiger partial charge in [-0.3, -0.25) is 4.79 Å². The zero-order chi connectivity index (χ0) is 20.8. The van der Waals surface area contributed by atoms with Gasteiger partial charge in [0.1, 0.15) is 17.4 Å². The molecule has 3 aromatic carbocycles. The fourth-order valence-corrected chi connectivity index (χ4v) is 3.09. The number of anilines is 1. The monoisotopic (exact) mass is 385 g/mol. The van der Waals surface area contributed by atoms with Crippen LogP contribution in [0.1, 0.15) is 31.0 Å². The van der Waals surface area contributed by atoms with Crippen LogP contribution >= 0.6 is 0 Å². The highest BCUT2D eigenvalue weighted by Gasteiger charge is 2.13. The molecule has 0 aliphatic rings. The molecule has 0 radical (unpaired) electrons. The van der Waals surface area contributed by atoms with Crippen LogP contribution in [-0.4, -0.2) is 11.0 Å². The molecule has 3 N–H and O–H groups in total. The topological polar surface area (TPSA) is 85.2 Å². The number of hydrogen-bond acceptors (Lipinski definition) is 4. The smallest absolute Gasteiger partial charge is 0.267 e. The fourth-order valence-electron chi connectivity index (χ4n) is 3.09. The van der Waals surface area contributed by atoms with E-state index in [0.29, 0.717) is 16.5 Å². The Balaban J connectivity index is 1.75. The largest absolute Gasteiger partial charge is 0.507 e. The third-order valence-electron chi connectivity index (χ3n) is 4.88. The first kappa shape index (κ1) is 20.0. The summed E-state index contributed by atoms with van der Waals surface area (Å²) in [5.74, 6) is -0.372. The minimum atomic E-state index is -0.510. The average molecular weight is 385 g/mol. The van der Waals surface area contributed by atoms with Gasteiger partial charge in [0.05, 0.1) is 0 Å². The third-order valence-corrected chi connectivity index (χ3v) is 4.88. The van der Waals surface area contributed by atoms with Crippen molar-refractivity contribution >= 4 is 22.4 Å². The van der Waals surface area contributed by atoms with Crippen molar-refractivity contribution in [2.75, 3.05) is 5.32 Å². The number of carbonyl (C=O) groups is 1. The first-order valence-corrected chi connectivity index (χ1v) is 9.50. The molecule has 1 atom stereocenters. The zero-order valence-electron chi connectivity index (χ0n) is 16.4. The second-order valence-electron chi connectivity index (χ2n) is 6.79. The Morgan fingerprint density at radius 1 is 1.10 bits per heavy atom. The SMILES string of the molecule is CCc1ccc(C(C)N/C=C(/C#N)C(=O)Nc2cccc3c(O)cccc23)cc1. The van der Waals surface area contributed by atoms with Crippen molar-refractivity contribution < 1.29 is 9.90 Å². The van der Waals surface area contributed by atoms with E-state index < -0.39 is 5.91 Å². The number of rotatable bonds is 6. The summed E-state index contributed by atoms with van der Waals surface area (Å²) in [5.41, 5.74) is 2.84. The quantitative estimate of drug-likeness (QED) is 0.420. The van der Waals surface area contributed by atoms with E-state index in [9.17, 15) is 15.2 Å². The molecule has 0 aliphatic carbocycles. The van der Waals surface area contributed by atoms with Crippen LogP contribution in [0.4, 0.5) is 5.69 Å². The molecule has 0 spiro atoms. The number of nitrogens with one attached hydrogen (secondary N) is 2. The number of nitrogens with zero attached hydrogens (tertiary/aromatic N) is 1. The van der Waals surface area contributed by atoms with Crippen molar-refractivity contribution in [3.63, 3.8) is 0 Å². The van der Waals surface area contributed by atoms with Gasteiger partial charge in [-0.15, -0.1) is 0 Å². The molecule has 0 aromatic heterocycles. The molecular formula is C24H23N3O2. The van der Waals surface area contributed by atoms with E-state index in [1.807, 2.05) is 25.1 Å². The van der Waals surface area contributed by atoms with Crippen molar-refractivity contribution in [2.45, 2.75) is 26.3 Å². The second-order valence-corrected chi connectivity index (χ2v) is 6.79. The molecule has 1 unspecified atom stereocenters. The Bertz CT molecular complexity index is 1100. The molecule has 5 nitrogen and oxygen atoms in total. The standard InChI is InChI=1S/C24H23N3O2/c1-3-17-10-12-18(13-11-17)16(2)26-15-19(14-25)24(29)27-22-8-4-7-21-20(22)6-5-9-23(21)28/h4-13,15-16,26,28H,3H2,1-2H3,(H,27,29)/b19-15-. The highest BCUT2D eigenvalue weighted by atomic mass is 16.3. The number of amides is 1. The van der Waals surface area contributed by atoms with Crippen LogP contribution in [0, 0.1) is 11.3 Å². The molecule has 146 valence electrons. The van der Waals surface area contributed by atoms with Crippen LogP contribution in [0.15, 0.2) is 72.4 Å². The van der Waals surface area contributed by atoms with Gasteiger partial charge in [-0.1, -0.05) is 55.5 Å². The number of hydrogen-bond donors (Lipinski definition) is 3. The van der Waals surface area contributed by atoms with E-state index in [1.54, 1.807) is 36.4 Å². The van der Waals surface area contributed by atoms with E-state index in [2.05, 4.69) is 29.7 Å². The van der Waals surface area contributed by atoms with Crippen molar-refractivity contribution in [1.82, 2.24) is 5.32 Å². The van der Waals surface area contributed by atoms with Gasteiger partial charge in [0.15, 0.2) is 0 Å². The minimum absolute atomic E-state index is 0.0285. The van der Waals surface area contributed by atoms with Crippen molar-refractivity contribution in [3.05, 3.63) is 83.6 Å². The lowest BCUT2D eigenvalue weighted by atomic mass is 10.1. The van der Waals surface area contributed by atoms with Gasteiger partial charge in [-0.25, -0.2) is 0 Å². The summed E-state index contributed by atoms with van der Waals surface area (Å²) >= 11 is 0. The van der Waals surface area contributed by atoms with Crippen molar-refractivity contribution in [2.24, 2.45) is 0 Å². The van der Waals surface area contributed by atoms with E-state index in [4.69, 9.17) is 0 Å².